The zero-order valence-electron chi connectivity index (χ0n) is 13.0. The van der Waals surface area contributed by atoms with Crippen LogP contribution in [-0.4, -0.2) is 7.11 Å². The summed E-state index contributed by atoms with van der Waals surface area (Å²) in [7, 11) is 1.73. The predicted octanol–water partition coefficient (Wildman–Crippen LogP) is 5.02. The Morgan fingerprint density at radius 1 is 1.00 bits per heavy atom. The number of methoxy groups -OCH3 is 1. The van der Waals surface area contributed by atoms with Gasteiger partial charge in [-0.1, -0.05) is 29.8 Å². The average Bonchev–Trinajstić information content (AvgIpc) is 2.47. The number of nitrogens with one attached hydrogen (secondary N) is 1. The summed E-state index contributed by atoms with van der Waals surface area (Å²) in [6.45, 7) is 6.49. The Morgan fingerprint density at radius 3 is 2.29 bits per heavy atom. The Balaban J connectivity index is 2.15. The first-order chi connectivity index (χ1) is 10.0. The van der Waals surface area contributed by atoms with Crippen molar-refractivity contribution >= 4 is 22.6 Å². The summed E-state index contributed by atoms with van der Waals surface area (Å²) in [5.74, 6) is 0.940. The van der Waals surface area contributed by atoms with Gasteiger partial charge in [0.2, 0.25) is 0 Å². The SMILES string of the molecule is COc1ccc(C)cc1C(C)NC(C)c1ccc(I)cc1. The van der Waals surface area contributed by atoms with Gasteiger partial charge in [0, 0.05) is 21.2 Å². The quantitative estimate of drug-likeness (QED) is 0.718. The predicted molar refractivity (Wildman–Crippen MR) is 96.9 cm³/mol. The summed E-state index contributed by atoms with van der Waals surface area (Å²) in [5, 5.41) is 3.65. The number of ether oxygens (including phenoxy) is 1. The lowest BCUT2D eigenvalue weighted by Gasteiger charge is -2.23. The Hall–Kier alpha value is -1.07. The van der Waals surface area contributed by atoms with Crippen LogP contribution in [0.3, 0.4) is 0 Å². The van der Waals surface area contributed by atoms with Crippen molar-refractivity contribution in [1.29, 1.82) is 0 Å². The molecule has 0 fully saturated rings. The lowest BCUT2D eigenvalue weighted by molar-refractivity contribution is 0.396. The third-order valence-electron chi connectivity index (χ3n) is 3.72. The third-order valence-corrected chi connectivity index (χ3v) is 4.44. The van der Waals surface area contributed by atoms with E-state index in [4.69, 9.17) is 4.74 Å². The molecule has 1 N–H and O–H groups in total. The van der Waals surface area contributed by atoms with E-state index in [1.54, 1.807) is 7.11 Å². The molecule has 0 aliphatic rings. The number of aryl methyl sites for hydroxylation is 1. The van der Waals surface area contributed by atoms with Crippen LogP contribution in [0.2, 0.25) is 0 Å². The standard InChI is InChI=1S/C18H22INO/c1-12-5-10-18(21-4)17(11-12)14(3)20-13(2)15-6-8-16(19)9-7-15/h5-11,13-14,20H,1-4H3. The van der Waals surface area contributed by atoms with E-state index in [-0.39, 0.29) is 6.04 Å². The summed E-state index contributed by atoms with van der Waals surface area (Å²) in [4.78, 5) is 0. The fourth-order valence-corrected chi connectivity index (χ4v) is 2.86. The van der Waals surface area contributed by atoms with Crippen molar-refractivity contribution in [2.75, 3.05) is 7.11 Å². The zero-order chi connectivity index (χ0) is 15.4. The van der Waals surface area contributed by atoms with Gasteiger partial charge in [0.15, 0.2) is 0 Å². The molecule has 0 aromatic heterocycles. The van der Waals surface area contributed by atoms with Gasteiger partial charge in [-0.25, -0.2) is 0 Å². The summed E-state index contributed by atoms with van der Waals surface area (Å²) < 4.78 is 6.74. The molecular formula is C18H22INO. The van der Waals surface area contributed by atoms with Gasteiger partial charge in [-0.15, -0.1) is 0 Å². The van der Waals surface area contributed by atoms with E-state index in [9.17, 15) is 0 Å². The summed E-state index contributed by atoms with van der Waals surface area (Å²) in [5.41, 5.74) is 3.75. The Labute approximate surface area is 141 Å². The molecule has 0 heterocycles. The highest BCUT2D eigenvalue weighted by atomic mass is 127. The second-order valence-corrected chi connectivity index (χ2v) is 6.65. The van der Waals surface area contributed by atoms with E-state index < -0.39 is 0 Å². The number of hydrogen-bond donors (Lipinski definition) is 1. The molecule has 0 saturated heterocycles. The van der Waals surface area contributed by atoms with Crippen LogP contribution >= 0.6 is 22.6 Å². The molecule has 0 radical (unpaired) electrons. The average molecular weight is 395 g/mol. The van der Waals surface area contributed by atoms with E-state index >= 15 is 0 Å². The van der Waals surface area contributed by atoms with E-state index in [0.717, 1.165) is 5.75 Å². The topological polar surface area (TPSA) is 21.3 Å². The smallest absolute Gasteiger partial charge is 0.123 e. The summed E-state index contributed by atoms with van der Waals surface area (Å²) in [6.07, 6.45) is 0. The molecule has 0 aliphatic carbocycles. The first kappa shape index (κ1) is 16.3. The van der Waals surface area contributed by atoms with E-state index in [1.165, 1.54) is 20.3 Å². The Bertz CT molecular complexity index is 595. The van der Waals surface area contributed by atoms with Crippen molar-refractivity contribution in [1.82, 2.24) is 5.32 Å². The van der Waals surface area contributed by atoms with E-state index in [0.29, 0.717) is 6.04 Å². The number of hydrogen-bond acceptors (Lipinski definition) is 2. The van der Waals surface area contributed by atoms with Gasteiger partial charge in [0.05, 0.1) is 7.11 Å². The first-order valence-electron chi connectivity index (χ1n) is 7.17. The van der Waals surface area contributed by atoms with Crippen LogP contribution < -0.4 is 10.1 Å². The van der Waals surface area contributed by atoms with Crippen molar-refractivity contribution < 1.29 is 4.74 Å². The van der Waals surface area contributed by atoms with Crippen LogP contribution in [0.25, 0.3) is 0 Å². The molecule has 2 rings (SSSR count). The van der Waals surface area contributed by atoms with Crippen molar-refractivity contribution in [3.63, 3.8) is 0 Å². The molecule has 3 heteroatoms. The lowest BCUT2D eigenvalue weighted by Crippen LogP contribution is -2.23. The van der Waals surface area contributed by atoms with Crippen LogP contribution in [0.1, 0.15) is 42.6 Å². The second-order valence-electron chi connectivity index (χ2n) is 5.41. The molecule has 2 atom stereocenters. The lowest BCUT2D eigenvalue weighted by atomic mass is 10.0. The minimum absolute atomic E-state index is 0.231. The van der Waals surface area contributed by atoms with Crippen LogP contribution in [-0.2, 0) is 0 Å². The molecule has 2 unspecified atom stereocenters. The monoisotopic (exact) mass is 395 g/mol. The highest BCUT2D eigenvalue weighted by molar-refractivity contribution is 14.1. The largest absolute Gasteiger partial charge is 0.496 e. The fraction of sp³-hybridized carbons (Fsp3) is 0.333. The fourth-order valence-electron chi connectivity index (χ4n) is 2.50. The molecule has 0 aliphatic heterocycles. The maximum absolute atomic E-state index is 5.48. The highest BCUT2D eigenvalue weighted by Crippen LogP contribution is 2.28. The second kappa shape index (κ2) is 7.27. The third kappa shape index (κ3) is 4.20. The van der Waals surface area contributed by atoms with E-state index in [1.807, 2.05) is 6.07 Å². The maximum Gasteiger partial charge on any atom is 0.123 e. The Morgan fingerprint density at radius 2 is 1.67 bits per heavy atom. The molecule has 0 saturated carbocycles. The van der Waals surface area contributed by atoms with Gasteiger partial charge < -0.3 is 10.1 Å². The van der Waals surface area contributed by atoms with Gasteiger partial charge in [-0.3, -0.25) is 0 Å². The normalized spacial score (nSPS) is 13.8. The molecule has 2 nitrogen and oxygen atoms in total. The molecule has 112 valence electrons. The Kier molecular flexibility index (Phi) is 5.65. The zero-order valence-corrected chi connectivity index (χ0v) is 15.1. The minimum atomic E-state index is 0.231. The molecule has 2 aromatic carbocycles. The molecule has 21 heavy (non-hydrogen) atoms. The van der Waals surface area contributed by atoms with Crippen molar-refractivity contribution in [2.45, 2.75) is 32.9 Å². The molecule has 0 bridgehead atoms. The minimum Gasteiger partial charge on any atom is -0.496 e. The van der Waals surface area contributed by atoms with Crippen LogP contribution in [0.15, 0.2) is 42.5 Å². The van der Waals surface area contributed by atoms with E-state index in [2.05, 4.69) is 85.1 Å². The van der Waals surface area contributed by atoms with Crippen LogP contribution in [0, 0.1) is 10.5 Å². The van der Waals surface area contributed by atoms with Crippen molar-refractivity contribution in [3.8, 4) is 5.75 Å². The van der Waals surface area contributed by atoms with Crippen LogP contribution in [0.5, 0.6) is 5.75 Å². The maximum atomic E-state index is 5.48. The molecule has 2 aromatic rings. The van der Waals surface area contributed by atoms with Crippen LogP contribution in [0.4, 0.5) is 0 Å². The van der Waals surface area contributed by atoms with Gasteiger partial charge in [0.25, 0.3) is 0 Å². The molecular weight excluding hydrogens is 373 g/mol. The summed E-state index contributed by atoms with van der Waals surface area (Å²) >= 11 is 2.33. The molecule has 0 spiro atoms. The van der Waals surface area contributed by atoms with Gasteiger partial charge in [0.1, 0.15) is 5.75 Å². The van der Waals surface area contributed by atoms with Gasteiger partial charge in [-0.2, -0.15) is 0 Å². The first-order valence-corrected chi connectivity index (χ1v) is 8.25. The molecule has 0 amide bonds. The number of halogens is 1. The number of benzene rings is 2. The van der Waals surface area contributed by atoms with Crippen molar-refractivity contribution in [3.05, 3.63) is 62.7 Å². The van der Waals surface area contributed by atoms with Crippen molar-refractivity contribution in [2.24, 2.45) is 0 Å². The van der Waals surface area contributed by atoms with Gasteiger partial charge >= 0.3 is 0 Å². The van der Waals surface area contributed by atoms with Gasteiger partial charge in [-0.05, 0) is 67.1 Å². The summed E-state index contributed by atoms with van der Waals surface area (Å²) in [6, 6.07) is 15.5. The highest BCUT2D eigenvalue weighted by Gasteiger charge is 2.15. The number of rotatable bonds is 5.